The van der Waals surface area contributed by atoms with E-state index in [4.69, 9.17) is 4.74 Å². The van der Waals surface area contributed by atoms with E-state index in [1.807, 2.05) is 13.1 Å². The summed E-state index contributed by atoms with van der Waals surface area (Å²) in [7, 11) is -3.36. The number of aryl methyl sites for hydroxylation is 1. The molecule has 8 nitrogen and oxygen atoms in total. The van der Waals surface area contributed by atoms with Gasteiger partial charge in [0, 0.05) is 43.7 Å². The van der Waals surface area contributed by atoms with Crippen LogP contribution in [0.3, 0.4) is 0 Å². The fraction of sp³-hybridized carbons (Fsp3) is 0.778. The molecular formula is C18H33N5O3S2. The summed E-state index contributed by atoms with van der Waals surface area (Å²) < 4.78 is 32.5. The Labute approximate surface area is 172 Å². The summed E-state index contributed by atoms with van der Waals surface area (Å²) in [4.78, 5) is 10.1. The predicted molar refractivity (Wildman–Crippen MR) is 115 cm³/mol. The summed E-state index contributed by atoms with van der Waals surface area (Å²) in [5, 5.41) is 7.47. The van der Waals surface area contributed by atoms with Gasteiger partial charge >= 0.3 is 0 Å². The van der Waals surface area contributed by atoms with E-state index < -0.39 is 10.0 Å². The van der Waals surface area contributed by atoms with Crippen molar-refractivity contribution in [1.82, 2.24) is 20.3 Å². The molecule has 0 aliphatic carbocycles. The number of nitrogens with zero attached hydrogens (tertiary/aromatic N) is 2. The fourth-order valence-corrected chi connectivity index (χ4v) is 4.57. The van der Waals surface area contributed by atoms with Gasteiger partial charge in [-0.15, -0.1) is 11.3 Å². The van der Waals surface area contributed by atoms with Crippen LogP contribution in [0.15, 0.2) is 11.2 Å². The molecule has 1 aliphatic rings. The molecule has 10 heteroatoms. The number of hydrogen-bond donors (Lipinski definition) is 3. The van der Waals surface area contributed by atoms with E-state index in [0.29, 0.717) is 25.6 Å². The molecule has 28 heavy (non-hydrogen) atoms. The minimum atomic E-state index is -3.36. The molecule has 0 saturated carbocycles. The first-order valence-corrected chi connectivity index (χ1v) is 12.5. The third kappa shape index (κ3) is 8.85. The van der Waals surface area contributed by atoms with Crippen LogP contribution in [0.25, 0.3) is 0 Å². The molecule has 1 aliphatic heterocycles. The van der Waals surface area contributed by atoms with Crippen LogP contribution in [0.4, 0.5) is 0 Å². The van der Waals surface area contributed by atoms with Crippen molar-refractivity contribution >= 4 is 27.3 Å². The Kier molecular flexibility index (Phi) is 10.2. The molecule has 0 aromatic carbocycles. The van der Waals surface area contributed by atoms with Crippen LogP contribution < -0.4 is 15.4 Å². The van der Waals surface area contributed by atoms with Crippen molar-refractivity contribution in [1.29, 1.82) is 0 Å². The van der Waals surface area contributed by atoms with E-state index >= 15 is 0 Å². The lowest BCUT2D eigenvalue weighted by Crippen LogP contribution is -2.39. The average Bonchev–Trinajstić information content (AvgIpc) is 3.15. The Bertz CT molecular complexity index is 700. The first-order valence-electron chi connectivity index (χ1n) is 10.1. The molecule has 1 fully saturated rings. The smallest absolute Gasteiger partial charge is 0.213 e. The third-order valence-electron chi connectivity index (χ3n) is 4.36. The van der Waals surface area contributed by atoms with Gasteiger partial charge < -0.3 is 15.4 Å². The summed E-state index contributed by atoms with van der Waals surface area (Å²) in [6, 6.07) is 0. The molecular weight excluding hydrogens is 398 g/mol. The molecule has 1 atom stereocenters. The molecule has 1 aromatic heterocycles. The van der Waals surface area contributed by atoms with Crippen molar-refractivity contribution in [2.45, 2.75) is 52.1 Å². The van der Waals surface area contributed by atoms with Gasteiger partial charge in [-0.25, -0.2) is 18.1 Å². The van der Waals surface area contributed by atoms with Crippen LogP contribution in [0.5, 0.6) is 0 Å². The maximum Gasteiger partial charge on any atom is 0.213 e. The van der Waals surface area contributed by atoms with Gasteiger partial charge in [-0.3, -0.25) is 4.99 Å². The van der Waals surface area contributed by atoms with Crippen LogP contribution in [0, 0.1) is 0 Å². The monoisotopic (exact) mass is 431 g/mol. The van der Waals surface area contributed by atoms with Crippen LogP contribution in [0.2, 0.25) is 0 Å². The highest BCUT2D eigenvalue weighted by atomic mass is 32.2. The van der Waals surface area contributed by atoms with Gasteiger partial charge in [-0.1, -0.05) is 6.92 Å². The molecule has 1 aromatic rings. The molecule has 1 unspecified atom stereocenters. The van der Waals surface area contributed by atoms with Crippen molar-refractivity contribution in [3.8, 4) is 0 Å². The van der Waals surface area contributed by atoms with E-state index in [2.05, 4.69) is 32.3 Å². The van der Waals surface area contributed by atoms with Crippen molar-refractivity contribution in [2.24, 2.45) is 4.99 Å². The van der Waals surface area contributed by atoms with E-state index in [1.165, 1.54) is 4.88 Å². The van der Waals surface area contributed by atoms with Crippen LogP contribution in [-0.4, -0.2) is 64.0 Å². The zero-order valence-corrected chi connectivity index (χ0v) is 18.5. The normalized spacial score (nSPS) is 18.2. The lowest BCUT2D eigenvalue weighted by atomic mass is 10.1. The van der Waals surface area contributed by atoms with Crippen molar-refractivity contribution in [3.05, 3.63) is 16.1 Å². The highest BCUT2D eigenvalue weighted by Gasteiger charge is 2.17. The summed E-state index contributed by atoms with van der Waals surface area (Å²) >= 11 is 1.73. The highest BCUT2D eigenvalue weighted by molar-refractivity contribution is 7.89. The number of sulfonamides is 1. The third-order valence-corrected chi connectivity index (χ3v) is 6.89. The summed E-state index contributed by atoms with van der Waals surface area (Å²) in [6.07, 6.45) is 6.80. The SMILES string of the molecule is CCNC(=NCCS(=O)(=O)NCC1CCCCO1)NCCc1ncc(CC)s1. The minimum absolute atomic E-state index is 0.00917. The van der Waals surface area contributed by atoms with Gasteiger partial charge in [0.15, 0.2) is 5.96 Å². The quantitative estimate of drug-likeness (QED) is 0.360. The Morgan fingerprint density at radius 3 is 2.89 bits per heavy atom. The fourth-order valence-electron chi connectivity index (χ4n) is 2.79. The molecule has 0 bridgehead atoms. The Balaban J connectivity index is 1.72. The van der Waals surface area contributed by atoms with Gasteiger partial charge in [0.25, 0.3) is 0 Å². The van der Waals surface area contributed by atoms with Gasteiger partial charge in [-0.05, 0) is 32.6 Å². The van der Waals surface area contributed by atoms with Crippen molar-refractivity contribution in [3.63, 3.8) is 0 Å². The van der Waals surface area contributed by atoms with Crippen LogP contribution >= 0.6 is 11.3 Å². The van der Waals surface area contributed by atoms with Gasteiger partial charge in [0.1, 0.15) is 0 Å². The number of aliphatic imine (C=N–C) groups is 1. The summed E-state index contributed by atoms with van der Waals surface area (Å²) in [6.45, 7) is 6.78. The molecule has 1 saturated heterocycles. The van der Waals surface area contributed by atoms with Crippen molar-refractivity contribution < 1.29 is 13.2 Å². The molecule has 2 rings (SSSR count). The first kappa shape index (κ1) is 23.1. The maximum atomic E-state index is 12.2. The highest BCUT2D eigenvalue weighted by Crippen LogP contribution is 2.13. The number of hydrogen-bond acceptors (Lipinski definition) is 6. The number of ether oxygens (including phenoxy) is 1. The van der Waals surface area contributed by atoms with E-state index in [0.717, 1.165) is 43.7 Å². The zero-order valence-electron chi connectivity index (χ0n) is 16.9. The molecule has 160 valence electrons. The molecule has 2 heterocycles. The lowest BCUT2D eigenvalue weighted by Gasteiger charge is -2.22. The number of rotatable bonds is 11. The Morgan fingerprint density at radius 1 is 1.36 bits per heavy atom. The van der Waals surface area contributed by atoms with E-state index in [-0.39, 0.29) is 18.4 Å². The maximum absolute atomic E-state index is 12.2. The predicted octanol–water partition coefficient (Wildman–Crippen LogP) is 1.29. The second-order valence-corrected chi connectivity index (χ2v) is 9.79. The summed E-state index contributed by atoms with van der Waals surface area (Å²) in [5.41, 5.74) is 0. The van der Waals surface area contributed by atoms with E-state index in [1.54, 1.807) is 11.3 Å². The lowest BCUT2D eigenvalue weighted by molar-refractivity contribution is 0.0200. The summed E-state index contributed by atoms with van der Waals surface area (Å²) in [5.74, 6) is 0.586. The van der Waals surface area contributed by atoms with E-state index in [9.17, 15) is 8.42 Å². The minimum Gasteiger partial charge on any atom is -0.377 e. The number of aromatic nitrogens is 1. The van der Waals surface area contributed by atoms with Crippen LogP contribution in [-0.2, 0) is 27.6 Å². The molecule has 0 radical (unpaired) electrons. The standard InChI is InChI=1S/C18H33N5O3S2/c1-3-16-14-22-17(27-16)8-9-20-18(19-4-2)21-10-12-28(24,25)23-13-15-7-5-6-11-26-15/h14-15,23H,3-13H2,1-2H3,(H2,19,20,21). The average molecular weight is 432 g/mol. The Morgan fingerprint density at radius 2 is 2.21 bits per heavy atom. The Hall–Kier alpha value is -1.23. The molecule has 0 amide bonds. The largest absolute Gasteiger partial charge is 0.377 e. The topological polar surface area (TPSA) is 105 Å². The van der Waals surface area contributed by atoms with Crippen LogP contribution in [0.1, 0.15) is 43.0 Å². The first-order chi connectivity index (χ1) is 13.5. The van der Waals surface area contributed by atoms with Gasteiger partial charge in [0.2, 0.25) is 10.0 Å². The van der Waals surface area contributed by atoms with Gasteiger partial charge in [-0.2, -0.15) is 0 Å². The second-order valence-electron chi connectivity index (χ2n) is 6.67. The van der Waals surface area contributed by atoms with Crippen molar-refractivity contribution in [2.75, 3.05) is 38.5 Å². The number of nitrogens with one attached hydrogen (secondary N) is 3. The number of thiazole rings is 1. The number of guanidine groups is 1. The zero-order chi connectivity index (χ0) is 20.2. The second kappa shape index (κ2) is 12.4. The van der Waals surface area contributed by atoms with Gasteiger partial charge in [0.05, 0.1) is 23.4 Å². The molecule has 3 N–H and O–H groups in total. The molecule has 0 spiro atoms.